The topological polar surface area (TPSA) is 116 Å². The van der Waals surface area contributed by atoms with Crippen molar-refractivity contribution in [3.05, 3.63) is 0 Å². The summed E-state index contributed by atoms with van der Waals surface area (Å²) >= 11 is 1.44. The minimum atomic E-state index is -1.31. The van der Waals surface area contributed by atoms with Crippen molar-refractivity contribution in [2.75, 3.05) is 6.61 Å². The van der Waals surface area contributed by atoms with Gasteiger partial charge in [0.25, 0.3) is 0 Å². The van der Waals surface area contributed by atoms with Crippen molar-refractivity contribution in [3.63, 3.8) is 0 Å². The van der Waals surface area contributed by atoms with Crippen LogP contribution in [0.3, 0.4) is 0 Å². The summed E-state index contributed by atoms with van der Waals surface area (Å²) in [4.78, 5) is 0. The monoisotopic (exact) mass is 307 g/mol. The van der Waals surface area contributed by atoms with Crippen LogP contribution in [0.15, 0.2) is 0 Å². The summed E-state index contributed by atoms with van der Waals surface area (Å²) in [6, 6.07) is 0.132. The van der Waals surface area contributed by atoms with Gasteiger partial charge in [-0.25, -0.2) is 0 Å². The molecule has 2 rings (SSSR count). The fraction of sp³-hybridized carbons (Fsp3) is 1.00. The van der Waals surface area contributed by atoms with Gasteiger partial charge in [0.2, 0.25) is 0 Å². The van der Waals surface area contributed by atoms with E-state index < -0.39 is 36.5 Å². The van der Waals surface area contributed by atoms with Crippen molar-refractivity contribution in [3.8, 4) is 0 Å². The highest BCUT2D eigenvalue weighted by molar-refractivity contribution is 8.00. The van der Waals surface area contributed by atoms with E-state index in [9.17, 15) is 20.4 Å². The summed E-state index contributed by atoms with van der Waals surface area (Å²) in [6.45, 7) is 3.86. The standard InChI is InChI=1S/C13H25NO5S/c1-13(2)4-6(14)3-8(13)20-12-11(18)10(17)9(16)7(5-15)19-12/h6-12,15-18H,3-5,14H2,1-2H3/t6?,7?,8?,9-,10?,11?,12-/m0/s1. The van der Waals surface area contributed by atoms with E-state index in [2.05, 4.69) is 13.8 Å². The van der Waals surface area contributed by atoms with E-state index in [1.165, 1.54) is 11.8 Å². The van der Waals surface area contributed by atoms with Gasteiger partial charge in [0.05, 0.1) is 6.61 Å². The molecule has 0 aromatic heterocycles. The molecule has 7 heteroatoms. The number of aliphatic hydroxyl groups excluding tert-OH is 4. The molecule has 2 fully saturated rings. The fourth-order valence-corrected chi connectivity index (χ4v) is 4.74. The zero-order valence-electron chi connectivity index (χ0n) is 11.8. The molecule has 20 heavy (non-hydrogen) atoms. The van der Waals surface area contributed by atoms with Gasteiger partial charge in [-0.15, -0.1) is 11.8 Å². The van der Waals surface area contributed by atoms with Crippen LogP contribution >= 0.6 is 11.8 Å². The van der Waals surface area contributed by atoms with Crippen LogP contribution in [0.1, 0.15) is 26.7 Å². The third-order valence-corrected chi connectivity index (χ3v) is 6.14. The summed E-state index contributed by atoms with van der Waals surface area (Å²) in [5, 5.41) is 39.0. The van der Waals surface area contributed by atoms with Crippen molar-refractivity contribution in [2.24, 2.45) is 11.1 Å². The molecule has 2 aliphatic rings. The molecule has 118 valence electrons. The number of hydrogen-bond acceptors (Lipinski definition) is 7. The number of thioether (sulfide) groups is 1. The number of rotatable bonds is 3. The summed E-state index contributed by atoms with van der Waals surface area (Å²) in [7, 11) is 0. The van der Waals surface area contributed by atoms with E-state index >= 15 is 0 Å². The SMILES string of the molecule is CC1(C)CC(N)CC1S[C@@H]1OC(CO)[C@H](O)C(O)C1O. The lowest BCUT2D eigenvalue weighted by molar-refractivity contribution is -0.205. The smallest absolute Gasteiger partial charge is 0.132 e. The fourth-order valence-electron chi connectivity index (χ4n) is 3.07. The molecular formula is C13H25NO5S. The van der Waals surface area contributed by atoms with Crippen molar-refractivity contribution < 1.29 is 25.2 Å². The molecule has 0 amide bonds. The lowest BCUT2D eigenvalue weighted by Crippen LogP contribution is -2.58. The Morgan fingerprint density at radius 2 is 1.85 bits per heavy atom. The van der Waals surface area contributed by atoms with Crippen LogP contribution in [0.25, 0.3) is 0 Å². The summed E-state index contributed by atoms with van der Waals surface area (Å²) in [5.74, 6) is 0. The molecule has 0 bridgehead atoms. The highest BCUT2D eigenvalue weighted by Crippen LogP contribution is 2.47. The second-order valence-electron chi connectivity index (χ2n) is 6.51. The Bertz CT molecular complexity index is 341. The molecular weight excluding hydrogens is 282 g/mol. The van der Waals surface area contributed by atoms with E-state index in [1.54, 1.807) is 0 Å². The van der Waals surface area contributed by atoms with Crippen LogP contribution in [0.2, 0.25) is 0 Å². The Balaban J connectivity index is 2.05. The molecule has 6 N–H and O–H groups in total. The zero-order chi connectivity index (χ0) is 15.1. The second-order valence-corrected chi connectivity index (χ2v) is 7.82. The van der Waals surface area contributed by atoms with Crippen LogP contribution in [0.4, 0.5) is 0 Å². The Hall–Kier alpha value is 0.110. The van der Waals surface area contributed by atoms with Gasteiger partial charge in [-0.05, 0) is 18.3 Å². The maximum atomic E-state index is 10.0. The molecule has 1 saturated carbocycles. The number of aliphatic hydroxyl groups is 4. The first kappa shape index (κ1) is 16.5. The number of hydrogen-bond donors (Lipinski definition) is 5. The molecule has 1 aliphatic heterocycles. The van der Waals surface area contributed by atoms with Crippen LogP contribution in [-0.2, 0) is 4.74 Å². The quantitative estimate of drug-likeness (QED) is 0.456. The minimum absolute atomic E-state index is 0.0306. The largest absolute Gasteiger partial charge is 0.394 e. The highest BCUT2D eigenvalue weighted by Gasteiger charge is 2.47. The van der Waals surface area contributed by atoms with Crippen LogP contribution in [0.5, 0.6) is 0 Å². The Morgan fingerprint density at radius 1 is 1.20 bits per heavy atom. The van der Waals surface area contributed by atoms with Crippen molar-refractivity contribution in [2.45, 2.75) is 67.8 Å². The molecule has 5 unspecified atom stereocenters. The molecule has 0 radical (unpaired) electrons. The average molecular weight is 307 g/mol. The first-order valence-corrected chi connectivity index (χ1v) is 7.92. The van der Waals surface area contributed by atoms with E-state index in [-0.39, 0.29) is 16.7 Å². The first-order chi connectivity index (χ1) is 9.26. The molecule has 1 saturated heterocycles. The molecule has 6 nitrogen and oxygen atoms in total. The summed E-state index contributed by atoms with van der Waals surface area (Å²) < 4.78 is 5.53. The third-order valence-electron chi connectivity index (χ3n) is 4.32. The van der Waals surface area contributed by atoms with Crippen LogP contribution in [-0.4, -0.2) is 68.2 Å². The maximum absolute atomic E-state index is 10.0. The van der Waals surface area contributed by atoms with E-state index in [4.69, 9.17) is 10.5 Å². The highest BCUT2D eigenvalue weighted by atomic mass is 32.2. The van der Waals surface area contributed by atoms with Crippen LogP contribution < -0.4 is 5.73 Å². The van der Waals surface area contributed by atoms with Gasteiger partial charge in [-0.3, -0.25) is 0 Å². The Kier molecular flexibility index (Phi) is 5.01. The normalized spacial score (nSPS) is 48.5. The van der Waals surface area contributed by atoms with Gasteiger partial charge < -0.3 is 30.9 Å². The van der Waals surface area contributed by atoms with E-state index in [0.29, 0.717) is 0 Å². The van der Waals surface area contributed by atoms with Gasteiger partial charge in [0.15, 0.2) is 0 Å². The Morgan fingerprint density at radius 3 is 2.35 bits per heavy atom. The van der Waals surface area contributed by atoms with E-state index in [0.717, 1.165) is 12.8 Å². The van der Waals surface area contributed by atoms with E-state index in [1.807, 2.05) is 0 Å². The van der Waals surface area contributed by atoms with Gasteiger partial charge in [0, 0.05) is 11.3 Å². The molecule has 0 aromatic carbocycles. The molecule has 1 heterocycles. The molecule has 7 atom stereocenters. The lowest BCUT2D eigenvalue weighted by atomic mass is 9.91. The number of nitrogens with two attached hydrogens (primary N) is 1. The van der Waals surface area contributed by atoms with Crippen LogP contribution in [0, 0.1) is 5.41 Å². The minimum Gasteiger partial charge on any atom is -0.394 e. The lowest BCUT2D eigenvalue weighted by Gasteiger charge is -2.41. The summed E-state index contributed by atoms with van der Waals surface area (Å²) in [5.41, 5.74) is 5.36. The summed E-state index contributed by atoms with van der Waals surface area (Å²) in [6.07, 6.45) is -2.90. The predicted molar refractivity (Wildman–Crippen MR) is 76.1 cm³/mol. The van der Waals surface area contributed by atoms with Crippen molar-refractivity contribution in [1.29, 1.82) is 0 Å². The molecule has 0 spiro atoms. The Labute approximate surface area is 123 Å². The number of ether oxygens (including phenoxy) is 1. The second kappa shape index (κ2) is 6.08. The molecule has 0 aromatic rings. The third kappa shape index (κ3) is 3.14. The van der Waals surface area contributed by atoms with Gasteiger partial charge in [-0.1, -0.05) is 13.8 Å². The zero-order valence-corrected chi connectivity index (χ0v) is 12.7. The first-order valence-electron chi connectivity index (χ1n) is 6.98. The molecule has 1 aliphatic carbocycles. The van der Waals surface area contributed by atoms with Gasteiger partial charge in [0.1, 0.15) is 29.9 Å². The van der Waals surface area contributed by atoms with Gasteiger partial charge in [-0.2, -0.15) is 0 Å². The maximum Gasteiger partial charge on any atom is 0.132 e. The van der Waals surface area contributed by atoms with Crippen molar-refractivity contribution >= 4 is 11.8 Å². The predicted octanol–water partition coefficient (Wildman–Crippen LogP) is -0.965. The average Bonchev–Trinajstić information content (AvgIpc) is 2.62. The van der Waals surface area contributed by atoms with Gasteiger partial charge >= 0.3 is 0 Å². The van der Waals surface area contributed by atoms with Crippen molar-refractivity contribution in [1.82, 2.24) is 0 Å².